The fraction of sp³-hybridized carbons (Fsp3) is 0.375. The first-order valence-electron chi connectivity index (χ1n) is 7.49. The number of amides is 1. The Labute approximate surface area is 132 Å². The highest BCUT2D eigenvalue weighted by atomic mass is 19.3. The second-order valence-corrected chi connectivity index (χ2v) is 5.89. The van der Waals surface area contributed by atoms with Gasteiger partial charge in [0.15, 0.2) is 0 Å². The van der Waals surface area contributed by atoms with E-state index in [1.165, 1.54) is 0 Å². The van der Waals surface area contributed by atoms with Gasteiger partial charge in [0, 0.05) is 24.0 Å². The van der Waals surface area contributed by atoms with Crippen molar-refractivity contribution in [2.24, 2.45) is 5.73 Å². The van der Waals surface area contributed by atoms with E-state index in [4.69, 9.17) is 11.5 Å². The summed E-state index contributed by atoms with van der Waals surface area (Å²) in [6, 6.07) is 6.71. The van der Waals surface area contributed by atoms with Crippen molar-refractivity contribution in [3.63, 3.8) is 0 Å². The van der Waals surface area contributed by atoms with Gasteiger partial charge >= 0.3 is 0 Å². The van der Waals surface area contributed by atoms with Crippen molar-refractivity contribution in [3.05, 3.63) is 36.0 Å². The monoisotopic (exact) mass is 320 g/mol. The van der Waals surface area contributed by atoms with E-state index in [0.717, 1.165) is 0 Å². The van der Waals surface area contributed by atoms with Gasteiger partial charge in [-0.3, -0.25) is 4.79 Å². The highest BCUT2D eigenvalue weighted by Gasteiger charge is 2.36. The van der Waals surface area contributed by atoms with Crippen molar-refractivity contribution < 1.29 is 13.6 Å². The van der Waals surface area contributed by atoms with Crippen LogP contribution in [0.2, 0.25) is 0 Å². The third-order valence-corrected chi connectivity index (χ3v) is 4.35. The largest absolute Gasteiger partial charge is 0.383 e. The fourth-order valence-electron chi connectivity index (χ4n) is 3.07. The van der Waals surface area contributed by atoms with Crippen LogP contribution in [0, 0.1) is 0 Å². The minimum absolute atomic E-state index is 0.149. The van der Waals surface area contributed by atoms with Crippen LogP contribution in [-0.4, -0.2) is 21.6 Å². The van der Waals surface area contributed by atoms with Crippen molar-refractivity contribution in [2.75, 3.05) is 5.73 Å². The SMILES string of the molecule is NC(=O)c1ccccc1-c1cnn(C2CCC(F)(F)CC2)c1N. The normalized spacial score (nSPS) is 18.0. The molecule has 0 unspecified atom stereocenters. The molecule has 0 spiro atoms. The Bertz CT molecular complexity index is 731. The predicted molar refractivity (Wildman–Crippen MR) is 83.0 cm³/mol. The van der Waals surface area contributed by atoms with Crippen LogP contribution < -0.4 is 11.5 Å². The molecule has 0 bridgehead atoms. The van der Waals surface area contributed by atoms with Crippen LogP contribution in [0.5, 0.6) is 0 Å². The molecule has 0 atom stereocenters. The van der Waals surface area contributed by atoms with E-state index in [9.17, 15) is 13.6 Å². The zero-order chi connectivity index (χ0) is 16.6. The summed E-state index contributed by atoms with van der Waals surface area (Å²) in [7, 11) is 0. The molecule has 23 heavy (non-hydrogen) atoms. The Hall–Kier alpha value is -2.44. The van der Waals surface area contributed by atoms with E-state index in [0.29, 0.717) is 35.3 Å². The lowest BCUT2D eigenvalue weighted by atomic mass is 9.92. The number of nitrogens with two attached hydrogens (primary N) is 2. The summed E-state index contributed by atoms with van der Waals surface area (Å²) in [5, 5.41) is 4.26. The maximum Gasteiger partial charge on any atom is 0.249 e. The molecule has 2 aromatic rings. The van der Waals surface area contributed by atoms with Crippen LogP contribution in [0.15, 0.2) is 30.5 Å². The van der Waals surface area contributed by atoms with Crippen LogP contribution in [0.25, 0.3) is 11.1 Å². The Morgan fingerprint density at radius 1 is 1.22 bits per heavy atom. The van der Waals surface area contributed by atoms with Gasteiger partial charge in [0.2, 0.25) is 11.8 Å². The summed E-state index contributed by atoms with van der Waals surface area (Å²) in [6.07, 6.45) is 1.89. The number of benzene rings is 1. The Morgan fingerprint density at radius 3 is 2.52 bits per heavy atom. The third kappa shape index (κ3) is 2.91. The van der Waals surface area contributed by atoms with E-state index < -0.39 is 11.8 Å². The summed E-state index contributed by atoms with van der Waals surface area (Å²) < 4.78 is 28.2. The number of aromatic nitrogens is 2. The third-order valence-electron chi connectivity index (χ3n) is 4.35. The second kappa shape index (κ2) is 5.64. The first-order valence-corrected chi connectivity index (χ1v) is 7.49. The summed E-state index contributed by atoms with van der Waals surface area (Å²) >= 11 is 0. The maximum absolute atomic E-state index is 13.3. The molecule has 1 amide bonds. The van der Waals surface area contributed by atoms with Gasteiger partial charge in [-0.2, -0.15) is 5.10 Å². The lowest BCUT2D eigenvalue weighted by molar-refractivity contribution is -0.0447. The molecule has 1 aliphatic carbocycles. The number of hydrogen-bond acceptors (Lipinski definition) is 3. The van der Waals surface area contributed by atoms with Crippen LogP contribution in [-0.2, 0) is 0 Å². The van der Waals surface area contributed by atoms with Gasteiger partial charge in [0.25, 0.3) is 0 Å². The minimum atomic E-state index is -2.60. The number of anilines is 1. The molecule has 4 N–H and O–H groups in total. The quantitative estimate of drug-likeness (QED) is 0.911. The van der Waals surface area contributed by atoms with Crippen molar-refractivity contribution >= 4 is 11.7 Å². The maximum atomic E-state index is 13.3. The van der Waals surface area contributed by atoms with Crippen molar-refractivity contribution in [1.29, 1.82) is 0 Å². The number of halogens is 2. The van der Waals surface area contributed by atoms with Crippen LogP contribution in [0.3, 0.4) is 0 Å². The van der Waals surface area contributed by atoms with Crippen LogP contribution in [0.4, 0.5) is 14.6 Å². The summed E-state index contributed by atoms with van der Waals surface area (Å²) in [5.74, 6) is -2.78. The molecule has 5 nitrogen and oxygen atoms in total. The number of rotatable bonds is 3. The first-order chi connectivity index (χ1) is 10.9. The topological polar surface area (TPSA) is 86.9 Å². The number of alkyl halides is 2. The Kier molecular flexibility index (Phi) is 3.79. The summed E-state index contributed by atoms with van der Waals surface area (Å²) in [6.45, 7) is 0. The highest BCUT2D eigenvalue weighted by Crippen LogP contribution is 2.40. The van der Waals surface area contributed by atoms with Crippen LogP contribution >= 0.6 is 0 Å². The molecule has 0 radical (unpaired) electrons. The number of nitrogen functional groups attached to an aromatic ring is 1. The lowest BCUT2D eigenvalue weighted by Crippen LogP contribution is -2.27. The predicted octanol–water partition coefficient (Wildman–Crippen LogP) is 2.98. The number of carbonyl (C=O) groups excluding carboxylic acids is 1. The molecule has 0 saturated heterocycles. The van der Waals surface area contributed by atoms with Crippen molar-refractivity contribution in [2.45, 2.75) is 37.6 Å². The number of hydrogen-bond donors (Lipinski definition) is 2. The standard InChI is InChI=1S/C16H18F2N4O/c17-16(18)7-5-10(6-8-16)22-14(19)13(9-21-22)11-3-1-2-4-12(11)15(20)23/h1-4,9-10H,5-8,19H2,(H2,20,23). The highest BCUT2D eigenvalue weighted by molar-refractivity contribution is 6.00. The first kappa shape index (κ1) is 15.5. The van der Waals surface area contributed by atoms with Gasteiger partial charge in [0.05, 0.1) is 12.2 Å². The lowest BCUT2D eigenvalue weighted by Gasteiger charge is -2.28. The fourth-order valence-corrected chi connectivity index (χ4v) is 3.07. The van der Waals surface area contributed by atoms with E-state index in [-0.39, 0.29) is 18.9 Å². The Balaban J connectivity index is 1.93. The van der Waals surface area contributed by atoms with Crippen molar-refractivity contribution in [3.8, 4) is 11.1 Å². The molecular formula is C16H18F2N4O. The van der Waals surface area contributed by atoms with Gasteiger partial charge < -0.3 is 11.5 Å². The minimum Gasteiger partial charge on any atom is -0.383 e. The number of carbonyl (C=O) groups is 1. The Morgan fingerprint density at radius 2 is 1.87 bits per heavy atom. The molecule has 1 aromatic heterocycles. The van der Waals surface area contributed by atoms with E-state index in [2.05, 4.69) is 5.10 Å². The van der Waals surface area contributed by atoms with Gasteiger partial charge in [-0.15, -0.1) is 0 Å². The van der Waals surface area contributed by atoms with Gasteiger partial charge in [-0.05, 0) is 24.5 Å². The molecule has 1 aromatic carbocycles. The smallest absolute Gasteiger partial charge is 0.249 e. The van der Waals surface area contributed by atoms with Gasteiger partial charge in [0.1, 0.15) is 5.82 Å². The summed E-state index contributed by atoms with van der Waals surface area (Å²) in [5.41, 5.74) is 13.1. The second-order valence-electron chi connectivity index (χ2n) is 5.89. The zero-order valence-corrected chi connectivity index (χ0v) is 12.5. The van der Waals surface area contributed by atoms with Gasteiger partial charge in [-0.25, -0.2) is 13.5 Å². The molecular weight excluding hydrogens is 302 g/mol. The molecule has 3 rings (SSSR count). The molecule has 1 saturated carbocycles. The number of primary amides is 1. The van der Waals surface area contributed by atoms with E-state index in [1.54, 1.807) is 35.1 Å². The molecule has 1 fully saturated rings. The molecule has 7 heteroatoms. The van der Waals surface area contributed by atoms with Crippen LogP contribution in [0.1, 0.15) is 42.1 Å². The molecule has 1 heterocycles. The summed E-state index contributed by atoms with van der Waals surface area (Å²) in [4.78, 5) is 11.6. The van der Waals surface area contributed by atoms with E-state index >= 15 is 0 Å². The molecule has 122 valence electrons. The number of nitrogens with zero attached hydrogens (tertiary/aromatic N) is 2. The average molecular weight is 320 g/mol. The molecule has 1 aliphatic rings. The zero-order valence-electron chi connectivity index (χ0n) is 12.5. The van der Waals surface area contributed by atoms with Crippen molar-refractivity contribution in [1.82, 2.24) is 9.78 Å². The van der Waals surface area contributed by atoms with E-state index in [1.807, 2.05) is 0 Å². The van der Waals surface area contributed by atoms with Gasteiger partial charge in [-0.1, -0.05) is 18.2 Å². The molecule has 0 aliphatic heterocycles. The average Bonchev–Trinajstić information content (AvgIpc) is 2.89.